The number of rotatable bonds is 4. The summed E-state index contributed by atoms with van der Waals surface area (Å²) in [4.78, 5) is 13.7. The SMILES string of the molecule is Cc1cc(CS(=O)(=O)N2CCC(c3n[nH]c(=O)[nH]3)CC2)no1. The van der Waals surface area contributed by atoms with Gasteiger partial charge in [-0.2, -0.15) is 5.10 Å². The molecule has 22 heavy (non-hydrogen) atoms. The highest BCUT2D eigenvalue weighted by Gasteiger charge is 2.30. The minimum atomic E-state index is -3.41. The molecule has 3 rings (SSSR count). The zero-order valence-electron chi connectivity index (χ0n) is 12.1. The van der Waals surface area contributed by atoms with Crippen LogP contribution in [-0.2, 0) is 15.8 Å². The van der Waals surface area contributed by atoms with Gasteiger partial charge in [0.1, 0.15) is 23.0 Å². The molecule has 0 saturated carbocycles. The van der Waals surface area contributed by atoms with E-state index in [9.17, 15) is 13.2 Å². The number of hydrogen-bond donors (Lipinski definition) is 2. The van der Waals surface area contributed by atoms with Crippen molar-refractivity contribution in [1.29, 1.82) is 0 Å². The van der Waals surface area contributed by atoms with Crippen LogP contribution < -0.4 is 5.69 Å². The molecule has 120 valence electrons. The molecular formula is C12H17N5O4S. The Kier molecular flexibility index (Phi) is 3.87. The third kappa shape index (κ3) is 3.12. The van der Waals surface area contributed by atoms with Crippen molar-refractivity contribution < 1.29 is 12.9 Å². The number of nitrogens with one attached hydrogen (secondary N) is 2. The fourth-order valence-corrected chi connectivity index (χ4v) is 4.11. The van der Waals surface area contributed by atoms with Crippen molar-refractivity contribution >= 4 is 10.0 Å². The Hall–Kier alpha value is -1.94. The van der Waals surface area contributed by atoms with Crippen LogP contribution in [0.2, 0.25) is 0 Å². The molecule has 0 aromatic carbocycles. The first kappa shape index (κ1) is 15.0. The van der Waals surface area contributed by atoms with Crippen molar-refractivity contribution in [3.05, 3.63) is 33.8 Å². The summed E-state index contributed by atoms with van der Waals surface area (Å²) >= 11 is 0. The zero-order chi connectivity index (χ0) is 15.7. The molecule has 0 radical (unpaired) electrons. The van der Waals surface area contributed by atoms with Gasteiger partial charge in [-0.05, 0) is 19.8 Å². The first-order chi connectivity index (χ1) is 10.4. The summed E-state index contributed by atoms with van der Waals surface area (Å²) in [5.74, 6) is 1.09. The molecule has 3 heterocycles. The highest BCUT2D eigenvalue weighted by atomic mass is 32.2. The van der Waals surface area contributed by atoms with E-state index in [2.05, 4.69) is 20.3 Å². The van der Waals surface area contributed by atoms with Crippen LogP contribution in [0.5, 0.6) is 0 Å². The summed E-state index contributed by atoms with van der Waals surface area (Å²) in [7, 11) is -3.41. The Balaban J connectivity index is 1.64. The van der Waals surface area contributed by atoms with Crippen LogP contribution in [0.4, 0.5) is 0 Å². The zero-order valence-corrected chi connectivity index (χ0v) is 12.9. The lowest BCUT2D eigenvalue weighted by molar-refractivity contribution is 0.313. The van der Waals surface area contributed by atoms with Crippen molar-refractivity contribution in [3.8, 4) is 0 Å². The Morgan fingerprint density at radius 1 is 1.41 bits per heavy atom. The van der Waals surface area contributed by atoms with Crippen LogP contribution in [0.25, 0.3) is 0 Å². The maximum atomic E-state index is 12.4. The van der Waals surface area contributed by atoms with Crippen LogP contribution in [0.1, 0.15) is 36.0 Å². The predicted molar refractivity (Wildman–Crippen MR) is 76.6 cm³/mol. The topological polar surface area (TPSA) is 125 Å². The van der Waals surface area contributed by atoms with E-state index < -0.39 is 10.0 Å². The van der Waals surface area contributed by atoms with E-state index in [-0.39, 0.29) is 17.4 Å². The molecule has 10 heteroatoms. The Morgan fingerprint density at radius 2 is 2.14 bits per heavy atom. The van der Waals surface area contributed by atoms with Crippen LogP contribution in [0.3, 0.4) is 0 Å². The van der Waals surface area contributed by atoms with E-state index in [0.717, 1.165) is 0 Å². The second-order valence-electron chi connectivity index (χ2n) is 5.42. The monoisotopic (exact) mass is 327 g/mol. The number of aromatic nitrogens is 4. The molecule has 0 amide bonds. The summed E-state index contributed by atoms with van der Waals surface area (Å²) in [6.45, 7) is 2.52. The van der Waals surface area contributed by atoms with E-state index in [0.29, 0.717) is 43.2 Å². The van der Waals surface area contributed by atoms with Crippen molar-refractivity contribution in [3.63, 3.8) is 0 Å². The van der Waals surface area contributed by atoms with E-state index >= 15 is 0 Å². The molecule has 2 aromatic heterocycles. The van der Waals surface area contributed by atoms with Crippen LogP contribution in [-0.4, -0.2) is 46.2 Å². The fraction of sp³-hybridized carbons (Fsp3) is 0.583. The Bertz CT molecular complexity index is 797. The quantitative estimate of drug-likeness (QED) is 0.820. The first-order valence-electron chi connectivity index (χ1n) is 6.98. The van der Waals surface area contributed by atoms with Crippen molar-refractivity contribution in [2.24, 2.45) is 0 Å². The molecule has 1 fully saturated rings. The standard InChI is InChI=1S/C12H17N5O4S/c1-8-6-10(16-21-8)7-22(19,20)17-4-2-9(3-5-17)11-13-12(18)15-14-11/h6,9H,2-5,7H2,1H3,(H2,13,14,15,18). The van der Waals surface area contributed by atoms with Crippen molar-refractivity contribution in [2.75, 3.05) is 13.1 Å². The molecule has 0 atom stereocenters. The van der Waals surface area contributed by atoms with Gasteiger partial charge in [-0.15, -0.1) is 0 Å². The molecule has 1 aliphatic heterocycles. The molecular weight excluding hydrogens is 310 g/mol. The van der Waals surface area contributed by atoms with Gasteiger partial charge < -0.3 is 4.52 Å². The minimum absolute atomic E-state index is 0.0692. The van der Waals surface area contributed by atoms with Gasteiger partial charge in [0, 0.05) is 25.1 Å². The molecule has 0 aliphatic carbocycles. The van der Waals surface area contributed by atoms with Gasteiger partial charge in [0.25, 0.3) is 0 Å². The molecule has 0 spiro atoms. The summed E-state index contributed by atoms with van der Waals surface area (Å²) in [6, 6.07) is 1.62. The van der Waals surface area contributed by atoms with E-state index in [4.69, 9.17) is 4.52 Å². The number of H-pyrrole nitrogens is 2. The number of aromatic amines is 2. The van der Waals surface area contributed by atoms with Crippen molar-refractivity contribution in [2.45, 2.75) is 31.4 Å². The lowest BCUT2D eigenvalue weighted by Gasteiger charge is -2.29. The number of nitrogens with zero attached hydrogens (tertiary/aromatic N) is 3. The predicted octanol–water partition coefficient (Wildman–Crippen LogP) is 0.104. The molecule has 0 unspecified atom stereocenters. The van der Waals surface area contributed by atoms with Crippen LogP contribution in [0, 0.1) is 6.92 Å². The van der Waals surface area contributed by atoms with Crippen molar-refractivity contribution in [1.82, 2.24) is 24.6 Å². The fourth-order valence-electron chi connectivity index (χ4n) is 2.65. The third-order valence-corrected chi connectivity index (χ3v) is 5.57. The summed E-state index contributed by atoms with van der Waals surface area (Å²) in [5.41, 5.74) is 0.0720. The summed E-state index contributed by atoms with van der Waals surface area (Å²) in [5, 5.41) is 9.97. The van der Waals surface area contributed by atoms with E-state index in [1.165, 1.54) is 4.31 Å². The molecule has 9 nitrogen and oxygen atoms in total. The summed E-state index contributed by atoms with van der Waals surface area (Å²) in [6.07, 6.45) is 1.25. The Morgan fingerprint density at radius 3 is 2.68 bits per heavy atom. The second-order valence-corrected chi connectivity index (χ2v) is 7.39. The average Bonchev–Trinajstić information content (AvgIpc) is 3.07. The molecule has 1 saturated heterocycles. The lowest BCUT2D eigenvalue weighted by atomic mass is 9.98. The van der Waals surface area contributed by atoms with E-state index in [1.807, 2.05) is 0 Å². The third-order valence-electron chi connectivity index (χ3n) is 3.76. The highest BCUT2D eigenvalue weighted by molar-refractivity contribution is 7.88. The van der Waals surface area contributed by atoms with Gasteiger partial charge in [0.15, 0.2) is 0 Å². The van der Waals surface area contributed by atoms with Gasteiger partial charge >= 0.3 is 5.69 Å². The number of hydrogen-bond acceptors (Lipinski definition) is 6. The normalized spacial score (nSPS) is 17.9. The average molecular weight is 327 g/mol. The molecule has 2 aromatic rings. The van der Waals surface area contributed by atoms with Gasteiger partial charge in [-0.25, -0.2) is 22.6 Å². The van der Waals surface area contributed by atoms with Gasteiger partial charge in [0.05, 0.1) is 0 Å². The minimum Gasteiger partial charge on any atom is -0.361 e. The van der Waals surface area contributed by atoms with Crippen LogP contribution in [0.15, 0.2) is 15.4 Å². The van der Waals surface area contributed by atoms with E-state index in [1.54, 1.807) is 13.0 Å². The molecule has 1 aliphatic rings. The van der Waals surface area contributed by atoms with Gasteiger partial charge in [0.2, 0.25) is 10.0 Å². The van der Waals surface area contributed by atoms with Gasteiger partial charge in [-0.1, -0.05) is 5.16 Å². The number of aryl methyl sites for hydroxylation is 1. The van der Waals surface area contributed by atoms with Gasteiger partial charge in [-0.3, -0.25) is 4.98 Å². The largest absolute Gasteiger partial charge is 0.361 e. The highest BCUT2D eigenvalue weighted by Crippen LogP contribution is 2.27. The Labute approximate surface area is 126 Å². The maximum absolute atomic E-state index is 12.4. The van der Waals surface area contributed by atoms with Crippen LogP contribution >= 0.6 is 0 Å². The smallest absolute Gasteiger partial charge is 0.340 e. The lowest BCUT2D eigenvalue weighted by Crippen LogP contribution is -2.38. The molecule has 2 N–H and O–H groups in total. The number of piperidine rings is 1. The molecule has 0 bridgehead atoms. The first-order valence-corrected chi connectivity index (χ1v) is 8.59. The number of sulfonamides is 1. The summed E-state index contributed by atoms with van der Waals surface area (Å²) < 4.78 is 31.1. The second kappa shape index (κ2) is 5.69. The maximum Gasteiger partial charge on any atom is 0.340 e.